The van der Waals surface area contributed by atoms with Crippen molar-refractivity contribution in [3.63, 3.8) is 0 Å². The summed E-state index contributed by atoms with van der Waals surface area (Å²) in [7, 11) is 1.81. The predicted octanol–water partition coefficient (Wildman–Crippen LogP) is 3.36. The van der Waals surface area contributed by atoms with Gasteiger partial charge in [-0.1, -0.05) is 30.7 Å². The Labute approximate surface area is 123 Å². The van der Waals surface area contributed by atoms with Crippen molar-refractivity contribution in [2.75, 3.05) is 0 Å². The highest BCUT2D eigenvalue weighted by atomic mass is 35.5. The predicted molar refractivity (Wildman–Crippen MR) is 77.4 cm³/mol. The lowest BCUT2D eigenvalue weighted by Crippen LogP contribution is -2.07. The summed E-state index contributed by atoms with van der Waals surface area (Å²) >= 11 is 6.26. The molecule has 0 aliphatic rings. The minimum Gasteiger partial charge on any atom is -0.388 e. The summed E-state index contributed by atoms with van der Waals surface area (Å²) in [6, 6.07) is 4.62. The Hall–Kier alpha value is -1.39. The Morgan fingerprint density at radius 2 is 2.15 bits per heavy atom. The molecular formula is C15H18ClFN2O. The van der Waals surface area contributed by atoms with Crippen molar-refractivity contribution in [1.29, 1.82) is 0 Å². The van der Waals surface area contributed by atoms with Crippen LogP contribution < -0.4 is 0 Å². The van der Waals surface area contributed by atoms with Crippen LogP contribution >= 0.6 is 11.6 Å². The van der Waals surface area contributed by atoms with E-state index in [-0.39, 0.29) is 5.82 Å². The lowest BCUT2D eigenvalue weighted by atomic mass is 10.0. The van der Waals surface area contributed by atoms with Crippen LogP contribution in [-0.2, 0) is 19.9 Å². The number of halogens is 2. The minimum absolute atomic E-state index is 0.271. The molecule has 0 saturated carbocycles. The number of benzene rings is 1. The molecule has 1 heterocycles. The molecule has 0 fully saturated rings. The molecule has 1 aromatic carbocycles. The van der Waals surface area contributed by atoms with Crippen LogP contribution in [0.2, 0.25) is 5.02 Å². The summed E-state index contributed by atoms with van der Waals surface area (Å²) in [4.78, 5) is 0. The van der Waals surface area contributed by atoms with Crippen molar-refractivity contribution in [3.05, 3.63) is 51.6 Å². The van der Waals surface area contributed by atoms with Crippen LogP contribution in [-0.4, -0.2) is 14.9 Å². The highest BCUT2D eigenvalue weighted by Crippen LogP contribution is 2.27. The lowest BCUT2D eigenvalue weighted by Gasteiger charge is -2.12. The summed E-state index contributed by atoms with van der Waals surface area (Å²) in [6.07, 6.45) is 0.373. The van der Waals surface area contributed by atoms with Crippen LogP contribution in [0.4, 0.5) is 4.39 Å². The van der Waals surface area contributed by atoms with Gasteiger partial charge in [-0.2, -0.15) is 5.10 Å². The fraction of sp³-hybridized carbons (Fsp3) is 0.400. The number of nitrogens with zero attached hydrogens (tertiary/aromatic N) is 2. The third kappa shape index (κ3) is 2.86. The average Bonchev–Trinajstić information content (AvgIpc) is 2.69. The van der Waals surface area contributed by atoms with E-state index in [0.717, 1.165) is 17.8 Å². The van der Waals surface area contributed by atoms with Crippen molar-refractivity contribution >= 4 is 11.6 Å². The molecule has 0 aliphatic carbocycles. The van der Waals surface area contributed by atoms with Gasteiger partial charge in [0, 0.05) is 13.5 Å². The maximum Gasteiger partial charge on any atom is 0.126 e. The Morgan fingerprint density at radius 3 is 2.70 bits per heavy atom. The van der Waals surface area contributed by atoms with Crippen LogP contribution in [0.3, 0.4) is 0 Å². The fourth-order valence-electron chi connectivity index (χ4n) is 2.22. The van der Waals surface area contributed by atoms with Crippen LogP contribution in [0.25, 0.3) is 0 Å². The van der Waals surface area contributed by atoms with Crippen molar-refractivity contribution in [2.45, 2.75) is 32.8 Å². The summed E-state index contributed by atoms with van der Waals surface area (Å²) < 4.78 is 14.9. The number of rotatable bonds is 4. The fourth-order valence-corrected chi connectivity index (χ4v) is 2.59. The molecule has 5 heteroatoms. The van der Waals surface area contributed by atoms with Crippen molar-refractivity contribution < 1.29 is 9.50 Å². The van der Waals surface area contributed by atoms with Crippen LogP contribution in [0.1, 0.15) is 35.5 Å². The van der Waals surface area contributed by atoms with Gasteiger partial charge in [-0.3, -0.25) is 4.68 Å². The molecule has 2 aromatic rings. The highest BCUT2D eigenvalue weighted by Gasteiger charge is 2.18. The van der Waals surface area contributed by atoms with Gasteiger partial charge in [-0.05, 0) is 30.5 Å². The van der Waals surface area contributed by atoms with E-state index in [0.29, 0.717) is 22.6 Å². The molecule has 0 radical (unpaired) electrons. The third-order valence-electron chi connectivity index (χ3n) is 3.46. The summed E-state index contributed by atoms with van der Waals surface area (Å²) in [6.45, 7) is 3.66. The number of hydrogen-bond acceptors (Lipinski definition) is 2. The van der Waals surface area contributed by atoms with Crippen molar-refractivity contribution in [2.24, 2.45) is 7.05 Å². The van der Waals surface area contributed by atoms with E-state index >= 15 is 0 Å². The van der Waals surface area contributed by atoms with Crippen LogP contribution in [0.5, 0.6) is 0 Å². The lowest BCUT2D eigenvalue weighted by molar-refractivity contribution is 0.175. The zero-order chi connectivity index (χ0) is 14.9. The second-order valence-electron chi connectivity index (χ2n) is 4.91. The number of hydrogen-bond donors (Lipinski definition) is 1. The van der Waals surface area contributed by atoms with Crippen molar-refractivity contribution in [3.8, 4) is 0 Å². The highest BCUT2D eigenvalue weighted by molar-refractivity contribution is 6.31. The zero-order valence-corrected chi connectivity index (χ0v) is 12.6. The number of aliphatic hydroxyl groups is 1. The first-order chi connectivity index (χ1) is 9.43. The van der Waals surface area contributed by atoms with Crippen LogP contribution in [0, 0.1) is 12.7 Å². The van der Waals surface area contributed by atoms with Crippen molar-refractivity contribution in [1.82, 2.24) is 9.78 Å². The van der Waals surface area contributed by atoms with E-state index in [1.807, 2.05) is 14.0 Å². The Kier molecular flexibility index (Phi) is 4.45. The molecule has 2 rings (SSSR count). The maximum absolute atomic E-state index is 13.2. The first kappa shape index (κ1) is 15.0. The molecular weight excluding hydrogens is 279 g/mol. The summed E-state index contributed by atoms with van der Waals surface area (Å²) in [5.41, 5.74) is 2.82. The molecule has 108 valence electrons. The van der Waals surface area contributed by atoms with E-state index in [4.69, 9.17) is 11.6 Å². The van der Waals surface area contributed by atoms with E-state index in [1.54, 1.807) is 23.7 Å². The molecule has 1 atom stereocenters. The van der Waals surface area contributed by atoms with Gasteiger partial charge in [0.2, 0.25) is 0 Å². The van der Waals surface area contributed by atoms with Gasteiger partial charge >= 0.3 is 0 Å². The smallest absolute Gasteiger partial charge is 0.126 e. The first-order valence-corrected chi connectivity index (χ1v) is 6.96. The number of aromatic nitrogens is 2. The van der Waals surface area contributed by atoms with E-state index < -0.39 is 6.10 Å². The SMILES string of the molecule is CCc1nn(C)c(CC(O)c2ccc(F)c(C)c2)c1Cl. The quantitative estimate of drug-likeness (QED) is 0.939. The molecule has 0 saturated heterocycles. The largest absolute Gasteiger partial charge is 0.388 e. The zero-order valence-electron chi connectivity index (χ0n) is 11.8. The van der Waals surface area contributed by atoms with E-state index in [9.17, 15) is 9.50 Å². The summed E-state index contributed by atoms with van der Waals surface area (Å²) in [5, 5.41) is 15.2. The first-order valence-electron chi connectivity index (χ1n) is 6.58. The Bertz CT molecular complexity index is 625. The van der Waals surface area contributed by atoms with Gasteiger partial charge in [-0.15, -0.1) is 0 Å². The second-order valence-corrected chi connectivity index (χ2v) is 5.29. The molecule has 0 amide bonds. The minimum atomic E-state index is -0.730. The molecule has 1 unspecified atom stereocenters. The van der Waals surface area contributed by atoms with Crippen LogP contribution in [0.15, 0.2) is 18.2 Å². The Balaban J connectivity index is 2.25. The second kappa shape index (κ2) is 5.94. The van der Waals surface area contributed by atoms with Gasteiger partial charge in [-0.25, -0.2) is 4.39 Å². The molecule has 20 heavy (non-hydrogen) atoms. The molecule has 0 spiro atoms. The number of aliphatic hydroxyl groups excluding tert-OH is 1. The number of aryl methyl sites for hydroxylation is 3. The van der Waals surface area contributed by atoms with Gasteiger partial charge in [0.1, 0.15) is 5.82 Å². The summed E-state index contributed by atoms with van der Waals surface area (Å²) in [5.74, 6) is -0.271. The molecule has 0 bridgehead atoms. The van der Waals surface area contributed by atoms with Gasteiger partial charge in [0.25, 0.3) is 0 Å². The molecule has 3 nitrogen and oxygen atoms in total. The molecule has 1 aromatic heterocycles. The van der Waals surface area contributed by atoms with E-state index in [2.05, 4.69) is 5.10 Å². The van der Waals surface area contributed by atoms with Gasteiger partial charge < -0.3 is 5.11 Å². The third-order valence-corrected chi connectivity index (χ3v) is 3.89. The normalized spacial score (nSPS) is 12.7. The molecule has 1 N–H and O–H groups in total. The molecule has 0 aliphatic heterocycles. The maximum atomic E-state index is 13.2. The van der Waals surface area contributed by atoms with Gasteiger partial charge in [0.05, 0.1) is 22.5 Å². The topological polar surface area (TPSA) is 38.0 Å². The Morgan fingerprint density at radius 1 is 1.45 bits per heavy atom. The average molecular weight is 297 g/mol. The van der Waals surface area contributed by atoms with Gasteiger partial charge in [0.15, 0.2) is 0 Å². The standard InChI is InChI=1S/C15H18ClFN2O/c1-4-12-15(16)13(19(3)18-12)8-14(20)10-5-6-11(17)9(2)7-10/h5-7,14,20H,4,8H2,1-3H3. The van der Waals surface area contributed by atoms with E-state index in [1.165, 1.54) is 6.07 Å². The monoisotopic (exact) mass is 296 g/mol.